The van der Waals surface area contributed by atoms with Gasteiger partial charge in [0.25, 0.3) is 0 Å². The summed E-state index contributed by atoms with van der Waals surface area (Å²) in [6.45, 7) is 2.00. The van der Waals surface area contributed by atoms with Crippen molar-refractivity contribution in [3.8, 4) is 11.3 Å². The lowest BCUT2D eigenvalue weighted by atomic mass is 9.96. The number of primary amides is 1. The van der Waals surface area contributed by atoms with Crippen molar-refractivity contribution in [2.24, 2.45) is 11.7 Å². The third-order valence-electron chi connectivity index (χ3n) is 8.95. The van der Waals surface area contributed by atoms with E-state index in [2.05, 4.69) is 0 Å². The maximum atomic E-state index is 14.1. The Kier molecular flexibility index (Phi) is 10.7. The number of benzene rings is 1. The Balaban J connectivity index is 1.40. The van der Waals surface area contributed by atoms with Crippen molar-refractivity contribution in [1.82, 2.24) is 23.9 Å². The number of aromatic nitrogens is 2. The molecule has 0 aliphatic carbocycles. The van der Waals surface area contributed by atoms with E-state index < -0.39 is 40.3 Å². The fraction of sp³-hybridized carbons (Fsp3) is 0.655. The zero-order valence-corrected chi connectivity index (χ0v) is 27.1. The number of amides is 1. The van der Waals surface area contributed by atoms with Crippen LogP contribution in [0, 0.1) is 5.92 Å². The number of nitrogens with two attached hydrogens (primary N) is 1. The highest BCUT2D eigenvalue weighted by Crippen LogP contribution is 2.40. The Morgan fingerprint density at radius 2 is 1.85 bits per heavy atom. The number of fused-ring (bicyclic) bond motifs is 1. The molecule has 17 heteroatoms. The molecule has 1 aromatic heterocycles. The van der Waals surface area contributed by atoms with Crippen molar-refractivity contribution in [1.29, 1.82) is 0 Å². The smallest absolute Gasteiger partial charge is 0.390 e. The summed E-state index contributed by atoms with van der Waals surface area (Å²) in [4.78, 5) is 14.7. The number of alkyl halides is 5. The van der Waals surface area contributed by atoms with Gasteiger partial charge in [-0.15, -0.1) is 11.8 Å². The van der Waals surface area contributed by atoms with E-state index in [0.29, 0.717) is 61.4 Å². The Morgan fingerprint density at radius 3 is 2.46 bits per heavy atom. The predicted molar refractivity (Wildman–Crippen MR) is 163 cm³/mol. The first kappa shape index (κ1) is 35.0. The van der Waals surface area contributed by atoms with Gasteiger partial charge in [0, 0.05) is 72.5 Å². The van der Waals surface area contributed by atoms with E-state index in [-0.39, 0.29) is 61.6 Å². The minimum atomic E-state index is -4.66. The van der Waals surface area contributed by atoms with Crippen LogP contribution in [0.4, 0.5) is 22.0 Å². The Morgan fingerprint density at radius 1 is 1.13 bits per heavy atom. The van der Waals surface area contributed by atoms with Gasteiger partial charge in [0.15, 0.2) is 6.30 Å². The Labute approximate surface area is 269 Å². The monoisotopic (exact) mass is 694 g/mol. The quantitative estimate of drug-likeness (QED) is 0.209. The lowest BCUT2D eigenvalue weighted by molar-refractivity contribution is -0.139. The molecule has 2 saturated heterocycles. The van der Waals surface area contributed by atoms with Crippen LogP contribution in [0.2, 0.25) is 0 Å². The Bertz CT molecular complexity index is 1520. The van der Waals surface area contributed by atoms with E-state index in [1.165, 1.54) is 21.3 Å². The van der Waals surface area contributed by atoms with Gasteiger partial charge in [-0.3, -0.25) is 14.4 Å². The molecule has 2 fully saturated rings. The number of thioether (sulfide) groups is 1. The summed E-state index contributed by atoms with van der Waals surface area (Å²) < 4.78 is 97.4. The van der Waals surface area contributed by atoms with E-state index in [1.54, 1.807) is 4.68 Å². The van der Waals surface area contributed by atoms with Gasteiger partial charge in [0.2, 0.25) is 15.9 Å². The fourth-order valence-corrected chi connectivity index (χ4v) is 8.28. The molecule has 5 rings (SSSR count). The summed E-state index contributed by atoms with van der Waals surface area (Å²) in [5, 5.41) is 15.7. The SMILES string of the molecule is CS(=O)(=O)N1CCc2c(c(-c3ccc(C(F)(F)F)c(SCCN4CCC(F)C4F)c3)nn2CC(O)CN2CCC(C(N)=O)CC2)C1. The molecule has 0 saturated carbocycles. The molecule has 2 aromatic rings. The number of nitrogens with zero attached hydrogens (tertiary/aromatic N) is 5. The van der Waals surface area contributed by atoms with Gasteiger partial charge < -0.3 is 15.7 Å². The number of rotatable bonds is 11. The number of piperidine rings is 1. The van der Waals surface area contributed by atoms with Crippen LogP contribution in [0.1, 0.15) is 36.1 Å². The van der Waals surface area contributed by atoms with Crippen molar-refractivity contribution in [2.45, 2.75) is 68.4 Å². The normalized spacial score (nSPS) is 23.1. The number of β-amino-alcohol motifs (C(OH)–C–C–N with tert-alkyl or cyclic N) is 1. The number of halogens is 5. The van der Waals surface area contributed by atoms with Crippen molar-refractivity contribution in [2.75, 3.05) is 51.3 Å². The first-order valence-electron chi connectivity index (χ1n) is 15.2. The average Bonchev–Trinajstić information content (AvgIpc) is 3.50. The Hall–Kier alpha value is -2.31. The molecule has 256 valence electrons. The third kappa shape index (κ3) is 8.03. The maximum Gasteiger partial charge on any atom is 0.417 e. The highest BCUT2D eigenvalue weighted by molar-refractivity contribution is 7.99. The average molecular weight is 695 g/mol. The molecule has 1 amide bonds. The van der Waals surface area contributed by atoms with Crippen LogP contribution in [0.15, 0.2) is 23.1 Å². The van der Waals surface area contributed by atoms with Crippen molar-refractivity contribution in [3.05, 3.63) is 35.0 Å². The zero-order chi connectivity index (χ0) is 33.4. The van der Waals surface area contributed by atoms with E-state index >= 15 is 0 Å². The van der Waals surface area contributed by atoms with Crippen LogP contribution < -0.4 is 5.73 Å². The van der Waals surface area contributed by atoms with E-state index in [1.807, 2.05) is 4.90 Å². The van der Waals surface area contributed by atoms with Crippen molar-refractivity contribution in [3.63, 3.8) is 0 Å². The molecule has 10 nitrogen and oxygen atoms in total. The molecule has 4 heterocycles. The number of likely N-dealkylation sites (tertiary alicyclic amines) is 2. The molecule has 3 atom stereocenters. The summed E-state index contributed by atoms with van der Waals surface area (Å²) in [6, 6.07) is 3.61. The summed E-state index contributed by atoms with van der Waals surface area (Å²) in [6.07, 6.45) is -6.29. The minimum Gasteiger partial charge on any atom is -0.390 e. The van der Waals surface area contributed by atoms with Gasteiger partial charge in [-0.25, -0.2) is 17.2 Å². The van der Waals surface area contributed by atoms with E-state index in [0.717, 1.165) is 24.1 Å². The minimum absolute atomic E-state index is 0.0268. The molecular weight excluding hydrogens is 655 g/mol. The van der Waals surface area contributed by atoms with Crippen LogP contribution in [0.5, 0.6) is 0 Å². The van der Waals surface area contributed by atoms with Crippen molar-refractivity contribution >= 4 is 27.7 Å². The fourth-order valence-electron chi connectivity index (χ4n) is 6.40. The number of aliphatic hydroxyl groups excluding tert-OH is 1. The van der Waals surface area contributed by atoms with E-state index in [9.17, 15) is 40.3 Å². The van der Waals surface area contributed by atoms with Gasteiger partial charge in [0.1, 0.15) is 6.17 Å². The summed E-state index contributed by atoms with van der Waals surface area (Å²) in [7, 11) is -3.58. The first-order chi connectivity index (χ1) is 21.6. The summed E-state index contributed by atoms with van der Waals surface area (Å²) in [5.41, 5.74) is 6.45. The molecule has 1 aromatic carbocycles. The van der Waals surface area contributed by atoms with Crippen molar-refractivity contribution < 1.29 is 40.3 Å². The molecule has 3 unspecified atom stereocenters. The molecule has 0 spiro atoms. The standard InChI is InChI=1S/C29H39F5N6O4S2/c1-46(43,44)39-11-7-24-21(17-39)26(36-40(24)16-20(41)15-37-8-4-18(5-9-37)28(35)42)19-2-3-22(29(32,33)34)25(14-19)45-13-12-38-10-6-23(30)27(38)31/h2-3,14,18,20,23,27,41H,4-13,15-17H2,1H3,(H2,35,42). The highest BCUT2D eigenvalue weighted by Gasteiger charge is 2.37. The molecule has 3 aliphatic heterocycles. The topological polar surface area (TPSA) is 125 Å². The number of carbonyl (C=O) groups is 1. The number of sulfonamides is 1. The molecule has 3 N–H and O–H groups in total. The maximum absolute atomic E-state index is 14.1. The van der Waals surface area contributed by atoms with Gasteiger partial charge in [-0.1, -0.05) is 6.07 Å². The van der Waals surface area contributed by atoms with Gasteiger partial charge in [-0.05, 0) is 44.5 Å². The summed E-state index contributed by atoms with van der Waals surface area (Å²) in [5.74, 6) is -0.433. The number of carbonyl (C=O) groups excluding carboxylic acids is 1. The molecule has 46 heavy (non-hydrogen) atoms. The molecular formula is C29H39F5N6O4S2. The molecule has 3 aliphatic rings. The van der Waals surface area contributed by atoms with Crippen LogP contribution in [0.25, 0.3) is 11.3 Å². The predicted octanol–water partition coefficient (Wildman–Crippen LogP) is 2.88. The number of aliphatic hydroxyl groups is 1. The molecule has 0 radical (unpaired) electrons. The second kappa shape index (κ2) is 14.0. The highest BCUT2D eigenvalue weighted by atomic mass is 32.2. The lowest BCUT2D eigenvalue weighted by Gasteiger charge is -2.32. The van der Waals surface area contributed by atoms with Gasteiger partial charge in [0.05, 0.1) is 30.2 Å². The van der Waals surface area contributed by atoms with Gasteiger partial charge >= 0.3 is 6.18 Å². The first-order valence-corrected chi connectivity index (χ1v) is 18.0. The van der Waals surface area contributed by atoms with Crippen LogP contribution in [-0.4, -0.2) is 113 Å². The van der Waals surface area contributed by atoms with Crippen LogP contribution >= 0.6 is 11.8 Å². The second-order valence-electron chi connectivity index (χ2n) is 12.2. The zero-order valence-electron chi connectivity index (χ0n) is 25.4. The van der Waals surface area contributed by atoms with E-state index in [4.69, 9.17) is 10.8 Å². The number of hydrogen-bond donors (Lipinski definition) is 2. The summed E-state index contributed by atoms with van der Waals surface area (Å²) >= 11 is 0.888. The third-order valence-corrected chi connectivity index (χ3v) is 11.2. The number of hydrogen-bond acceptors (Lipinski definition) is 8. The lowest BCUT2D eigenvalue weighted by Crippen LogP contribution is -2.43. The largest absolute Gasteiger partial charge is 0.417 e. The molecule has 0 bridgehead atoms. The van der Waals surface area contributed by atoms with Crippen LogP contribution in [-0.2, 0) is 40.5 Å². The second-order valence-corrected chi connectivity index (χ2v) is 15.3. The van der Waals surface area contributed by atoms with Crippen LogP contribution in [0.3, 0.4) is 0 Å². The van der Waals surface area contributed by atoms with Gasteiger partial charge in [-0.2, -0.15) is 22.6 Å².